The van der Waals surface area contributed by atoms with E-state index in [2.05, 4.69) is 10.3 Å². The molecule has 2 aromatic rings. The summed E-state index contributed by atoms with van der Waals surface area (Å²) < 4.78 is 0. The van der Waals surface area contributed by atoms with Crippen molar-refractivity contribution in [1.29, 1.82) is 0 Å². The van der Waals surface area contributed by atoms with Gasteiger partial charge in [0.25, 0.3) is 0 Å². The molecule has 0 radical (unpaired) electrons. The van der Waals surface area contributed by atoms with Gasteiger partial charge >= 0.3 is 0 Å². The molecule has 0 unspecified atom stereocenters. The Kier molecular flexibility index (Phi) is 5.03. The van der Waals surface area contributed by atoms with Crippen LogP contribution in [0.1, 0.15) is 21.8 Å². The third-order valence-corrected chi connectivity index (χ3v) is 3.51. The molecule has 0 fully saturated rings. The van der Waals surface area contributed by atoms with Gasteiger partial charge in [0.15, 0.2) is 0 Å². The molecule has 0 spiro atoms. The molecule has 0 saturated carbocycles. The second-order valence-corrected chi connectivity index (χ2v) is 5.38. The molecule has 0 atom stereocenters. The highest BCUT2D eigenvalue weighted by Gasteiger charge is 1.98. The van der Waals surface area contributed by atoms with Gasteiger partial charge in [-0.25, -0.2) is 4.98 Å². The Labute approximate surface area is 121 Å². The first kappa shape index (κ1) is 14.4. The lowest BCUT2D eigenvalue weighted by Crippen LogP contribution is -2.20. The van der Waals surface area contributed by atoms with Gasteiger partial charge in [-0.05, 0) is 24.1 Å². The molecule has 0 aliphatic heterocycles. The largest absolute Gasteiger partial charge is 0.392 e. The van der Waals surface area contributed by atoms with E-state index in [4.69, 9.17) is 5.11 Å². The molecule has 1 aromatic carbocycles. The lowest BCUT2D eigenvalue weighted by atomic mass is 10.1. The molecule has 20 heavy (non-hydrogen) atoms. The molecule has 104 valence electrons. The van der Waals surface area contributed by atoms with Crippen LogP contribution in [0.5, 0.6) is 0 Å². The summed E-state index contributed by atoms with van der Waals surface area (Å²) in [5.41, 5.74) is 2.65. The number of aromatic nitrogens is 1. The smallest absolute Gasteiger partial charge is 0.244 e. The lowest BCUT2D eigenvalue weighted by Gasteiger charge is -2.03. The Morgan fingerprint density at radius 1 is 1.35 bits per heavy atom. The number of aryl methyl sites for hydroxylation is 1. The third-order valence-electron chi connectivity index (χ3n) is 2.71. The molecule has 0 aliphatic rings. The number of hydrogen-bond donors (Lipinski definition) is 2. The Bertz CT molecular complexity index is 603. The number of thiazole rings is 1. The number of rotatable bonds is 5. The number of amides is 1. The van der Waals surface area contributed by atoms with Crippen molar-refractivity contribution in [3.8, 4) is 0 Å². The second kappa shape index (κ2) is 6.98. The van der Waals surface area contributed by atoms with E-state index in [0.29, 0.717) is 6.54 Å². The number of carbonyl (C=O) groups is 1. The van der Waals surface area contributed by atoms with Crippen molar-refractivity contribution in [1.82, 2.24) is 10.3 Å². The summed E-state index contributed by atoms with van der Waals surface area (Å²) in [5, 5.41) is 14.6. The van der Waals surface area contributed by atoms with Gasteiger partial charge in [-0.15, -0.1) is 11.3 Å². The zero-order valence-corrected chi connectivity index (χ0v) is 12.0. The molecule has 0 bridgehead atoms. The number of benzene rings is 1. The highest BCUT2D eigenvalue weighted by atomic mass is 32.1. The van der Waals surface area contributed by atoms with Crippen molar-refractivity contribution in [3.63, 3.8) is 0 Å². The Balaban J connectivity index is 1.83. The molecule has 1 aromatic heterocycles. The first-order valence-electron chi connectivity index (χ1n) is 6.24. The number of nitrogens with one attached hydrogen (secondary N) is 1. The third kappa shape index (κ3) is 4.29. The summed E-state index contributed by atoms with van der Waals surface area (Å²) in [5.74, 6) is -0.151. The van der Waals surface area contributed by atoms with E-state index in [9.17, 15) is 4.79 Å². The average molecular weight is 288 g/mol. The van der Waals surface area contributed by atoms with Crippen LogP contribution < -0.4 is 5.32 Å². The normalized spacial score (nSPS) is 10.9. The van der Waals surface area contributed by atoms with Gasteiger partial charge in [-0.2, -0.15) is 0 Å². The number of carbonyl (C=O) groups excluding carboxylic acids is 1. The monoisotopic (exact) mass is 288 g/mol. The van der Waals surface area contributed by atoms with Crippen molar-refractivity contribution in [2.24, 2.45) is 0 Å². The van der Waals surface area contributed by atoms with Crippen molar-refractivity contribution < 1.29 is 9.90 Å². The molecule has 5 heteroatoms. The minimum atomic E-state index is -0.151. The van der Waals surface area contributed by atoms with Crippen LogP contribution in [-0.2, 0) is 17.9 Å². The lowest BCUT2D eigenvalue weighted by molar-refractivity contribution is -0.116. The molecule has 1 amide bonds. The minimum Gasteiger partial charge on any atom is -0.392 e. The summed E-state index contributed by atoms with van der Waals surface area (Å²) in [6.07, 6.45) is 3.18. The van der Waals surface area contributed by atoms with E-state index in [0.717, 1.165) is 21.8 Å². The Morgan fingerprint density at radius 2 is 2.05 bits per heavy atom. The summed E-state index contributed by atoms with van der Waals surface area (Å²) in [4.78, 5) is 15.9. The zero-order valence-electron chi connectivity index (χ0n) is 11.2. The zero-order chi connectivity index (χ0) is 14.4. The molecular weight excluding hydrogens is 272 g/mol. The minimum absolute atomic E-state index is 0.0302. The highest BCUT2D eigenvalue weighted by molar-refractivity contribution is 7.09. The first-order chi connectivity index (χ1) is 9.67. The van der Waals surface area contributed by atoms with Gasteiger partial charge in [-0.1, -0.05) is 24.3 Å². The maximum Gasteiger partial charge on any atom is 0.244 e. The summed E-state index contributed by atoms with van der Waals surface area (Å²) in [7, 11) is 0. The fraction of sp³-hybridized carbons (Fsp3) is 0.200. The fourth-order valence-electron chi connectivity index (χ4n) is 1.63. The van der Waals surface area contributed by atoms with E-state index < -0.39 is 0 Å². The molecule has 0 saturated heterocycles. The van der Waals surface area contributed by atoms with Crippen molar-refractivity contribution in [3.05, 3.63) is 57.6 Å². The molecule has 2 rings (SSSR count). The van der Waals surface area contributed by atoms with Gasteiger partial charge in [0, 0.05) is 18.0 Å². The molecule has 0 aliphatic carbocycles. The van der Waals surface area contributed by atoms with Crippen LogP contribution in [0.25, 0.3) is 6.08 Å². The van der Waals surface area contributed by atoms with Crippen LogP contribution in [-0.4, -0.2) is 16.0 Å². The first-order valence-corrected chi connectivity index (χ1v) is 7.12. The van der Waals surface area contributed by atoms with Crippen LogP contribution >= 0.6 is 11.3 Å². The van der Waals surface area contributed by atoms with E-state index in [1.54, 1.807) is 17.4 Å². The molecule has 1 heterocycles. The van der Waals surface area contributed by atoms with Crippen LogP contribution in [0, 0.1) is 6.92 Å². The van der Waals surface area contributed by atoms with Crippen LogP contribution in [0.3, 0.4) is 0 Å². The van der Waals surface area contributed by atoms with Gasteiger partial charge < -0.3 is 10.4 Å². The molecular formula is C15H16N2O2S. The summed E-state index contributed by atoms with van der Waals surface area (Å²) in [6.45, 7) is 2.42. The van der Waals surface area contributed by atoms with E-state index in [-0.39, 0.29) is 12.5 Å². The van der Waals surface area contributed by atoms with Crippen LogP contribution in [0.15, 0.2) is 35.7 Å². The van der Waals surface area contributed by atoms with Gasteiger partial charge in [0.1, 0.15) is 0 Å². The summed E-state index contributed by atoms with van der Waals surface area (Å²) in [6, 6.07) is 7.46. The predicted octanol–water partition coefficient (Wildman–Crippen LogP) is 2.27. The quantitative estimate of drug-likeness (QED) is 0.830. The standard InChI is InChI=1S/C15H16N2O2S/c1-11-17-14(10-20-11)6-7-15(19)16-8-12-2-4-13(9-18)5-3-12/h2-7,10,18H,8-9H2,1H3,(H,16,19)/b7-6+. The van der Waals surface area contributed by atoms with Gasteiger partial charge in [-0.3, -0.25) is 4.79 Å². The maximum atomic E-state index is 11.7. The highest BCUT2D eigenvalue weighted by Crippen LogP contribution is 2.09. The molecule has 2 N–H and O–H groups in total. The van der Waals surface area contributed by atoms with Crippen LogP contribution in [0.4, 0.5) is 0 Å². The number of hydrogen-bond acceptors (Lipinski definition) is 4. The van der Waals surface area contributed by atoms with Crippen molar-refractivity contribution >= 4 is 23.3 Å². The van der Waals surface area contributed by atoms with Crippen molar-refractivity contribution in [2.45, 2.75) is 20.1 Å². The SMILES string of the molecule is Cc1nc(/C=C/C(=O)NCc2ccc(CO)cc2)cs1. The fourth-order valence-corrected chi connectivity index (χ4v) is 2.21. The molecule has 4 nitrogen and oxygen atoms in total. The number of aliphatic hydroxyl groups is 1. The number of aliphatic hydroxyl groups excluding tert-OH is 1. The average Bonchev–Trinajstić information content (AvgIpc) is 2.89. The van der Waals surface area contributed by atoms with E-state index >= 15 is 0 Å². The summed E-state index contributed by atoms with van der Waals surface area (Å²) >= 11 is 1.56. The van der Waals surface area contributed by atoms with Crippen molar-refractivity contribution in [2.75, 3.05) is 0 Å². The van der Waals surface area contributed by atoms with E-state index in [1.807, 2.05) is 36.6 Å². The van der Waals surface area contributed by atoms with E-state index in [1.165, 1.54) is 6.08 Å². The number of nitrogens with zero attached hydrogens (tertiary/aromatic N) is 1. The topological polar surface area (TPSA) is 62.2 Å². The van der Waals surface area contributed by atoms with Crippen LogP contribution in [0.2, 0.25) is 0 Å². The maximum absolute atomic E-state index is 11.7. The van der Waals surface area contributed by atoms with Gasteiger partial charge in [0.05, 0.1) is 17.3 Å². The van der Waals surface area contributed by atoms with Gasteiger partial charge in [0.2, 0.25) is 5.91 Å². The predicted molar refractivity (Wildman–Crippen MR) is 80.1 cm³/mol. The Morgan fingerprint density at radius 3 is 2.65 bits per heavy atom. The Hall–Kier alpha value is -1.98. The second-order valence-electron chi connectivity index (χ2n) is 4.32.